The van der Waals surface area contributed by atoms with Gasteiger partial charge >= 0.3 is 0 Å². The van der Waals surface area contributed by atoms with Gasteiger partial charge in [0.2, 0.25) is 5.54 Å². The highest BCUT2D eigenvalue weighted by atomic mass is 14.8. The fourth-order valence-electron chi connectivity index (χ4n) is 7.21. The molecule has 5 unspecified atom stereocenters. The van der Waals surface area contributed by atoms with Crippen LogP contribution >= 0.6 is 0 Å². The third-order valence-electron chi connectivity index (χ3n) is 8.45. The van der Waals surface area contributed by atoms with Crippen LogP contribution in [0.4, 0.5) is 0 Å². The molecule has 0 saturated heterocycles. The number of nitrogens with zero attached hydrogens (tertiary/aromatic N) is 1. The Hall–Kier alpha value is -0.770. The molecule has 3 saturated carbocycles. The summed E-state index contributed by atoms with van der Waals surface area (Å²) in [6.45, 7) is 17.4. The second kappa shape index (κ2) is 4.86. The standard InChI is InChI=1S/C21H31N/c1-12-10-15-11-13(2)16-8-9-21(4,22-5)18-7-6-17(14(12)3)19(15)20(16)18/h10,13-20H,6-9,11H2,1-4H3/t13?,14?,15-,16?,17-,18?,19?,20-,21+/m1/s1. The van der Waals surface area contributed by atoms with Gasteiger partial charge in [-0.2, -0.15) is 0 Å². The molecule has 0 spiro atoms. The molecule has 4 aliphatic carbocycles. The molecule has 1 heteroatoms. The summed E-state index contributed by atoms with van der Waals surface area (Å²) in [4.78, 5) is 4.18. The molecule has 22 heavy (non-hydrogen) atoms. The first-order valence-electron chi connectivity index (χ1n) is 9.53. The summed E-state index contributed by atoms with van der Waals surface area (Å²) in [6.07, 6.45) is 9.21. The molecule has 3 fully saturated rings. The molecule has 0 aliphatic heterocycles. The van der Waals surface area contributed by atoms with Crippen LogP contribution in [0.15, 0.2) is 11.6 Å². The summed E-state index contributed by atoms with van der Waals surface area (Å²) >= 11 is 0. The lowest BCUT2D eigenvalue weighted by molar-refractivity contribution is -0.101. The van der Waals surface area contributed by atoms with Gasteiger partial charge in [0, 0.05) is 19.3 Å². The van der Waals surface area contributed by atoms with E-state index in [9.17, 15) is 0 Å². The van der Waals surface area contributed by atoms with E-state index in [1.165, 1.54) is 25.7 Å². The normalized spacial score (nSPS) is 56.6. The second-order valence-electron chi connectivity index (χ2n) is 9.25. The van der Waals surface area contributed by atoms with E-state index < -0.39 is 0 Å². The third kappa shape index (κ3) is 1.82. The van der Waals surface area contributed by atoms with Crippen molar-refractivity contribution in [1.29, 1.82) is 0 Å². The lowest BCUT2D eigenvalue weighted by Gasteiger charge is -2.61. The van der Waals surface area contributed by atoms with Crippen LogP contribution < -0.4 is 0 Å². The van der Waals surface area contributed by atoms with Crippen molar-refractivity contribution in [2.75, 3.05) is 0 Å². The summed E-state index contributed by atoms with van der Waals surface area (Å²) in [5.41, 5.74) is 1.59. The van der Waals surface area contributed by atoms with Crippen molar-refractivity contribution in [3.8, 4) is 0 Å². The number of allylic oxidation sites excluding steroid dienone is 2. The van der Waals surface area contributed by atoms with Crippen molar-refractivity contribution >= 4 is 0 Å². The lowest BCUT2D eigenvalue weighted by Crippen LogP contribution is -2.58. The van der Waals surface area contributed by atoms with E-state index in [-0.39, 0.29) is 5.54 Å². The van der Waals surface area contributed by atoms with Crippen LogP contribution in [0.3, 0.4) is 0 Å². The first kappa shape index (κ1) is 14.8. The highest BCUT2D eigenvalue weighted by molar-refractivity contribution is 5.21. The SMILES string of the molecule is [C-]#[N+][C@@]1(C)CCC2C(C)C[C@H]3C=C(C)C(C)[C@H]4CCC1[C@@H]2C43. The van der Waals surface area contributed by atoms with Crippen LogP contribution in [0, 0.1) is 53.9 Å². The molecule has 4 aliphatic rings. The molecular weight excluding hydrogens is 266 g/mol. The van der Waals surface area contributed by atoms with Gasteiger partial charge in [0.25, 0.3) is 0 Å². The Labute approximate surface area is 136 Å². The Morgan fingerprint density at radius 2 is 1.91 bits per heavy atom. The molecule has 0 aromatic rings. The molecule has 1 nitrogen and oxygen atoms in total. The van der Waals surface area contributed by atoms with E-state index in [0.29, 0.717) is 5.92 Å². The van der Waals surface area contributed by atoms with Crippen molar-refractivity contribution < 1.29 is 0 Å². The van der Waals surface area contributed by atoms with Gasteiger partial charge in [0.1, 0.15) is 0 Å². The average Bonchev–Trinajstić information content (AvgIpc) is 2.51. The quantitative estimate of drug-likeness (QED) is 0.406. The molecule has 0 bridgehead atoms. The van der Waals surface area contributed by atoms with E-state index in [2.05, 4.69) is 38.6 Å². The van der Waals surface area contributed by atoms with Crippen molar-refractivity contribution in [3.05, 3.63) is 23.1 Å². The van der Waals surface area contributed by atoms with Gasteiger partial charge in [-0.3, -0.25) is 0 Å². The summed E-state index contributed by atoms with van der Waals surface area (Å²) in [6, 6.07) is 0. The van der Waals surface area contributed by atoms with Crippen molar-refractivity contribution in [3.63, 3.8) is 0 Å². The molecule has 0 N–H and O–H groups in total. The topological polar surface area (TPSA) is 4.36 Å². The van der Waals surface area contributed by atoms with Crippen molar-refractivity contribution in [2.24, 2.45) is 47.3 Å². The zero-order valence-electron chi connectivity index (χ0n) is 14.7. The van der Waals surface area contributed by atoms with Gasteiger partial charge in [-0.15, -0.1) is 0 Å². The first-order chi connectivity index (χ1) is 10.5. The van der Waals surface area contributed by atoms with Crippen LogP contribution in [0.5, 0.6) is 0 Å². The van der Waals surface area contributed by atoms with Gasteiger partial charge in [0.05, 0.1) is 0 Å². The monoisotopic (exact) mass is 297 g/mol. The minimum absolute atomic E-state index is 0.0623. The predicted octanol–water partition coefficient (Wildman–Crippen LogP) is 5.58. The van der Waals surface area contributed by atoms with Crippen LogP contribution in [0.1, 0.15) is 59.8 Å². The smallest absolute Gasteiger partial charge is 0.232 e. The number of rotatable bonds is 0. The highest BCUT2D eigenvalue weighted by Crippen LogP contribution is 2.64. The Morgan fingerprint density at radius 3 is 2.64 bits per heavy atom. The highest BCUT2D eigenvalue weighted by Gasteiger charge is 2.61. The average molecular weight is 297 g/mol. The minimum Gasteiger partial charge on any atom is -0.310 e. The molecule has 0 heterocycles. The van der Waals surface area contributed by atoms with E-state index in [1.807, 2.05) is 0 Å². The van der Waals surface area contributed by atoms with Gasteiger partial charge in [-0.25, -0.2) is 6.57 Å². The third-order valence-corrected chi connectivity index (χ3v) is 8.45. The summed E-state index contributed by atoms with van der Waals surface area (Å²) < 4.78 is 0. The maximum absolute atomic E-state index is 7.82. The zero-order chi connectivity index (χ0) is 15.6. The Morgan fingerprint density at radius 1 is 1.14 bits per heavy atom. The van der Waals surface area contributed by atoms with Crippen LogP contribution in [-0.4, -0.2) is 5.54 Å². The zero-order valence-corrected chi connectivity index (χ0v) is 14.7. The van der Waals surface area contributed by atoms with E-state index in [1.54, 1.807) is 5.57 Å². The van der Waals surface area contributed by atoms with Gasteiger partial charge in [-0.05, 0) is 74.0 Å². The molecule has 0 aromatic carbocycles. The number of hydrogen-bond acceptors (Lipinski definition) is 0. The molecule has 120 valence electrons. The van der Waals surface area contributed by atoms with Crippen molar-refractivity contribution in [1.82, 2.24) is 0 Å². The maximum Gasteiger partial charge on any atom is 0.232 e. The fourth-order valence-corrected chi connectivity index (χ4v) is 7.21. The van der Waals surface area contributed by atoms with Gasteiger partial charge < -0.3 is 4.85 Å². The Bertz CT molecular complexity index is 541. The first-order valence-corrected chi connectivity index (χ1v) is 9.53. The lowest BCUT2D eigenvalue weighted by atomic mass is 9.43. The maximum atomic E-state index is 7.82. The van der Waals surface area contributed by atoms with Gasteiger partial charge in [0.15, 0.2) is 0 Å². The van der Waals surface area contributed by atoms with Crippen LogP contribution in [0.25, 0.3) is 4.85 Å². The summed E-state index contributed by atoms with van der Waals surface area (Å²) in [7, 11) is 0. The molecule has 0 aromatic heterocycles. The van der Waals surface area contributed by atoms with E-state index >= 15 is 0 Å². The minimum atomic E-state index is -0.0623. The van der Waals surface area contributed by atoms with Crippen LogP contribution in [-0.2, 0) is 0 Å². The molecule has 9 atom stereocenters. The molecular formula is C21H31N. The largest absolute Gasteiger partial charge is 0.310 e. The summed E-state index contributed by atoms with van der Waals surface area (Å²) in [5.74, 6) is 6.66. The Kier molecular flexibility index (Phi) is 3.27. The summed E-state index contributed by atoms with van der Waals surface area (Å²) in [5, 5.41) is 0. The van der Waals surface area contributed by atoms with E-state index in [4.69, 9.17) is 6.57 Å². The van der Waals surface area contributed by atoms with Crippen LogP contribution in [0.2, 0.25) is 0 Å². The molecule has 4 rings (SSSR count). The van der Waals surface area contributed by atoms with Crippen molar-refractivity contribution in [2.45, 2.75) is 65.3 Å². The molecule has 0 radical (unpaired) electrons. The molecule has 0 amide bonds. The fraction of sp³-hybridized carbons (Fsp3) is 0.857. The second-order valence-corrected chi connectivity index (χ2v) is 9.25. The predicted molar refractivity (Wildman–Crippen MR) is 91.1 cm³/mol. The van der Waals surface area contributed by atoms with E-state index in [0.717, 1.165) is 47.8 Å². The Balaban J connectivity index is 1.78. The van der Waals surface area contributed by atoms with Gasteiger partial charge in [-0.1, -0.05) is 25.5 Å². The number of hydrogen-bond donors (Lipinski definition) is 0.